The monoisotopic (exact) mass is 254 g/mol. The second-order valence-electron chi connectivity index (χ2n) is 3.90. The third-order valence-corrected chi connectivity index (χ3v) is 2.46. The molecule has 7 nitrogen and oxygen atoms in total. The number of nitrogens with one attached hydrogen (secondary N) is 2. The lowest BCUT2D eigenvalue weighted by molar-refractivity contribution is -0.137. The second kappa shape index (κ2) is 7.31. The number of carboxylic acid groups (broad SMARTS) is 1. The number of imidazole rings is 1. The summed E-state index contributed by atoms with van der Waals surface area (Å²) in [4.78, 5) is 25.9. The summed E-state index contributed by atoms with van der Waals surface area (Å²) in [5.41, 5.74) is 0. The molecule has 0 saturated carbocycles. The number of rotatable bonds is 7. The SMILES string of the molecule is CCC(CC(=O)O)NC(=O)NCCn1ccnc1. The molecule has 0 aromatic carbocycles. The molecule has 3 N–H and O–H groups in total. The van der Waals surface area contributed by atoms with Crippen LogP contribution < -0.4 is 10.6 Å². The number of aromatic nitrogens is 2. The van der Waals surface area contributed by atoms with Crippen LogP contribution in [0.25, 0.3) is 0 Å². The highest BCUT2D eigenvalue weighted by atomic mass is 16.4. The maximum atomic E-state index is 11.5. The van der Waals surface area contributed by atoms with Gasteiger partial charge in [0.15, 0.2) is 0 Å². The fraction of sp³-hybridized carbons (Fsp3) is 0.545. The topological polar surface area (TPSA) is 96.3 Å². The fourth-order valence-electron chi connectivity index (χ4n) is 1.46. The highest BCUT2D eigenvalue weighted by Gasteiger charge is 2.13. The molecule has 7 heteroatoms. The van der Waals surface area contributed by atoms with Gasteiger partial charge in [-0.1, -0.05) is 6.92 Å². The summed E-state index contributed by atoms with van der Waals surface area (Å²) in [5.74, 6) is -0.916. The van der Waals surface area contributed by atoms with E-state index in [1.807, 2.05) is 11.5 Å². The Morgan fingerprint density at radius 3 is 2.83 bits per heavy atom. The average molecular weight is 254 g/mol. The quantitative estimate of drug-likeness (QED) is 0.657. The summed E-state index contributed by atoms with van der Waals surface area (Å²) in [7, 11) is 0. The molecule has 2 amide bonds. The first-order valence-electron chi connectivity index (χ1n) is 5.83. The summed E-state index contributed by atoms with van der Waals surface area (Å²) >= 11 is 0. The minimum Gasteiger partial charge on any atom is -0.481 e. The van der Waals surface area contributed by atoms with E-state index in [1.165, 1.54) is 0 Å². The van der Waals surface area contributed by atoms with Crippen LogP contribution in [-0.4, -0.2) is 39.2 Å². The van der Waals surface area contributed by atoms with Crippen molar-refractivity contribution < 1.29 is 14.7 Å². The molecule has 1 unspecified atom stereocenters. The summed E-state index contributed by atoms with van der Waals surface area (Å²) < 4.78 is 1.84. The Hall–Kier alpha value is -2.05. The zero-order valence-corrected chi connectivity index (χ0v) is 10.3. The van der Waals surface area contributed by atoms with Gasteiger partial charge in [-0.15, -0.1) is 0 Å². The molecule has 1 rings (SSSR count). The van der Waals surface area contributed by atoms with Crippen molar-refractivity contribution in [2.45, 2.75) is 32.4 Å². The Morgan fingerprint density at radius 2 is 2.28 bits per heavy atom. The van der Waals surface area contributed by atoms with Crippen LogP contribution in [-0.2, 0) is 11.3 Å². The van der Waals surface area contributed by atoms with Crippen molar-refractivity contribution in [1.82, 2.24) is 20.2 Å². The van der Waals surface area contributed by atoms with Crippen molar-refractivity contribution in [2.24, 2.45) is 0 Å². The van der Waals surface area contributed by atoms with Crippen molar-refractivity contribution in [1.29, 1.82) is 0 Å². The van der Waals surface area contributed by atoms with E-state index in [0.717, 1.165) is 0 Å². The highest BCUT2D eigenvalue weighted by molar-refractivity contribution is 5.75. The normalized spacial score (nSPS) is 11.8. The van der Waals surface area contributed by atoms with E-state index < -0.39 is 5.97 Å². The Balaban J connectivity index is 2.21. The van der Waals surface area contributed by atoms with Gasteiger partial charge in [0.2, 0.25) is 0 Å². The van der Waals surface area contributed by atoms with Crippen LogP contribution in [0.3, 0.4) is 0 Å². The third kappa shape index (κ3) is 5.33. The van der Waals surface area contributed by atoms with Gasteiger partial charge in [-0.3, -0.25) is 4.79 Å². The standard InChI is InChI=1S/C11H18N4O3/c1-2-9(7-10(16)17)14-11(18)13-4-6-15-5-3-12-8-15/h3,5,8-9H,2,4,6-7H2,1H3,(H,16,17)(H2,13,14,18). The predicted octanol–water partition coefficient (Wildman–Crippen LogP) is 0.436. The van der Waals surface area contributed by atoms with Gasteiger partial charge in [0.05, 0.1) is 12.7 Å². The molecule has 0 radical (unpaired) electrons. The molecule has 0 saturated heterocycles. The Bertz CT molecular complexity index is 378. The molecular formula is C11H18N4O3. The van der Waals surface area contributed by atoms with Crippen molar-refractivity contribution in [3.05, 3.63) is 18.7 Å². The van der Waals surface area contributed by atoms with Crippen molar-refractivity contribution >= 4 is 12.0 Å². The van der Waals surface area contributed by atoms with Gasteiger partial charge in [0.25, 0.3) is 0 Å². The molecular weight excluding hydrogens is 236 g/mol. The van der Waals surface area contributed by atoms with E-state index in [9.17, 15) is 9.59 Å². The summed E-state index contributed by atoms with van der Waals surface area (Å²) in [5, 5.41) is 13.9. The van der Waals surface area contributed by atoms with Crippen LogP contribution in [0.15, 0.2) is 18.7 Å². The van der Waals surface area contributed by atoms with Crippen molar-refractivity contribution in [3.8, 4) is 0 Å². The Kier molecular flexibility index (Phi) is 5.69. The summed E-state index contributed by atoms with van der Waals surface area (Å²) in [6.07, 6.45) is 5.66. The maximum Gasteiger partial charge on any atom is 0.315 e. The molecule has 1 heterocycles. The molecule has 100 valence electrons. The zero-order valence-electron chi connectivity index (χ0n) is 10.3. The number of hydrogen-bond donors (Lipinski definition) is 3. The minimum absolute atomic E-state index is 0.0640. The first-order chi connectivity index (χ1) is 8.61. The minimum atomic E-state index is -0.916. The maximum absolute atomic E-state index is 11.5. The zero-order chi connectivity index (χ0) is 13.4. The second-order valence-corrected chi connectivity index (χ2v) is 3.90. The van der Waals surface area contributed by atoms with Gasteiger partial charge in [0.1, 0.15) is 0 Å². The van der Waals surface area contributed by atoms with Gasteiger partial charge in [-0.25, -0.2) is 9.78 Å². The van der Waals surface area contributed by atoms with Gasteiger partial charge < -0.3 is 20.3 Å². The largest absolute Gasteiger partial charge is 0.481 e. The molecule has 0 aliphatic carbocycles. The number of carbonyl (C=O) groups excluding carboxylic acids is 1. The smallest absolute Gasteiger partial charge is 0.315 e. The molecule has 0 aliphatic heterocycles. The van der Waals surface area contributed by atoms with E-state index in [2.05, 4.69) is 15.6 Å². The van der Waals surface area contributed by atoms with Gasteiger partial charge in [0, 0.05) is 31.5 Å². The molecule has 1 aromatic rings. The van der Waals surface area contributed by atoms with Crippen molar-refractivity contribution in [2.75, 3.05) is 6.54 Å². The van der Waals surface area contributed by atoms with Crippen molar-refractivity contribution in [3.63, 3.8) is 0 Å². The van der Waals surface area contributed by atoms with Crippen LogP contribution in [0.4, 0.5) is 4.79 Å². The van der Waals surface area contributed by atoms with Gasteiger partial charge in [-0.2, -0.15) is 0 Å². The highest BCUT2D eigenvalue weighted by Crippen LogP contribution is 1.97. The van der Waals surface area contributed by atoms with E-state index in [1.54, 1.807) is 18.7 Å². The number of nitrogens with zero attached hydrogens (tertiary/aromatic N) is 2. The number of aliphatic carboxylic acids is 1. The van der Waals surface area contributed by atoms with Crippen LogP contribution in [0, 0.1) is 0 Å². The van der Waals surface area contributed by atoms with Crippen LogP contribution in [0.2, 0.25) is 0 Å². The first kappa shape index (κ1) is 14.0. The number of amides is 2. The molecule has 18 heavy (non-hydrogen) atoms. The molecule has 0 bridgehead atoms. The predicted molar refractivity (Wildman–Crippen MR) is 65.1 cm³/mol. The molecule has 0 spiro atoms. The molecule has 0 aliphatic rings. The molecule has 1 aromatic heterocycles. The molecule has 0 fully saturated rings. The van der Waals surface area contributed by atoms with E-state index in [0.29, 0.717) is 19.5 Å². The van der Waals surface area contributed by atoms with E-state index in [4.69, 9.17) is 5.11 Å². The number of urea groups is 1. The summed E-state index contributed by atoms with van der Waals surface area (Å²) in [6.45, 7) is 2.92. The van der Waals surface area contributed by atoms with Crippen LogP contribution >= 0.6 is 0 Å². The Labute approximate surface area is 105 Å². The van der Waals surface area contributed by atoms with Crippen LogP contribution in [0.5, 0.6) is 0 Å². The number of hydrogen-bond acceptors (Lipinski definition) is 3. The first-order valence-corrected chi connectivity index (χ1v) is 5.83. The summed E-state index contributed by atoms with van der Waals surface area (Å²) in [6, 6.07) is -0.682. The number of carboxylic acids is 1. The van der Waals surface area contributed by atoms with E-state index >= 15 is 0 Å². The lowest BCUT2D eigenvalue weighted by Crippen LogP contribution is -2.43. The number of carbonyl (C=O) groups is 2. The molecule has 1 atom stereocenters. The lowest BCUT2D eigenvalue weighted by Gasteiger charge is -2.15. The van der Waals surface area contributed by atoms with Gasteiger partial charge in [-0.05, 0) is 6.42 Å². The lowest BCUT2D eigenvalue weighted by atomic mass is 10.1. The fourth-order valence-corrected chi connectivity index (χ4v) is 1.46. The average Bonchev–Trinajstić information content (AvgIpc) is 2.80. The van der Waals surface area contributed by atoms with Crippen LogP contribution in [0.1, 0.15) is 19.8 Å². The van der Waals surface area contributed by atoms with Gasteiger partial charge >= 0.3 is 12.0 Å². The van der Waals surface area contributed by atoms with E-state index in [-0.39, 0.29) is 18.5 Å². The Morgan fingerprint density at radius 1 is 1.50 bits per heavy atom. The third-order valence-electron chi connectivity index (χ3n) is 2.46.